The maximum absolute atomic E-state index is 11.5. The molecule has 0 aliphatic rings. The lowest BCUT2D eigenvalue weighted by Crippen LogP contribution is -2.34. The molecule has 14 heavy (non-hydrogen) atoms. The summed E-state index contributed by atoms with van der Waals surface area (Å²) >= 11 is 0. The second-order valence-corrected chi connectivity index (χ2v) is 3.25. The van der Waals surface area contributed by atoms with Crippen LogP contribution in [0.1, 0.15) is 12.5 Å². The van der Waals surface area contributed by atoms with E-state index in [4.69, 9.17) is 0 Å². The maximum atomic E-state index is 11.5. The molecule has 1 heterocycles. The van der Waals surface area contributed by atoms with Crippen LogP contribution in [0.5, 0.6) is 0 Å². The van der Waals surface area contributed by atoms with Gasteiger partial charge in [0.1, 0.15) is 0 Å². The van der Waals surface area contributed by atoms with Crippen LogP contribution in [0.4, 0.5) is 0 Å². The Morgan fingerprint density at radius 2 is 2.43 bits per heavy atom. The van der Waals surface area contributed by atoms with Crippen LogP contribution in [0.15, 0.2) is 18.5 Å². The van der Waals surface area contributed by atoms with Crippen LogP contribution >= 0.6 is 0 Å². The third-order valence-corrected chi connectivity index (χ3v) is 2.03. The maximum Gasteiger partial charge on any atom is 0.236 e. The summed E-state index contributed by atoms with van der Waals surface area (Å²) in [7, 11) is 1.81. The van der Waals surface area contributed by atoms with Crippen LogP contribution in [0, 0.1) is 0 Å². The summed E-state index contributed by atoms with van der Waals surface area (Å²) in [6, 6.07) is 1.97. The number of nitrogens with one attached hydrogen (secondary N) is 2. The van der Waals surface area contributed by atoms with Gasteiger partial charge in [-0.2, -0.15) is 0 Å². The molecule has 0 aliphatic carbocycles. The van der Waals surface area contributed by atoms with Crippen LogP contribution < -0.4 is 5.32 Å². The predicted octanol–water partition coefficient (Wildman–Crippen LogP) is 0.583. The molecule has 0 atom stereocenters. The van der Waals surface area contributed by atoms with Crippen molar-refractivity contribution in [2.24, 2.45) is 0 Å². The van der Waals surface area contributed by atoms with Gasteiger partial charge in [0.25, 0.3) is 0 Å². The first-order valence-electron chi connectivity index (χ1n) is 4.80. The second-order valence-electron chi connectivity index (χ2n) is 3.25. The molecule has 1 aromatic rings. The van der Waals surface area contributed by atoms with Gasteiger partial charge in [-0.05, 0) is 18.2 Å². The molecule has 0 spiro atoms. The molecule has 0 saturated carbocycles. The van der Waals surface area contributed by atoms with Crippen molar-refractivity contribution >= 4 is 5.91 Å². The Morgan fingerprint density at radius 1 is 1.64 bits per heavy atom. The Balaban J connectivity index is 2.34. The van der Waals surface area contributed by atoms with E-state index in [9.17, 15) is 4.79 Å². The van der Waals surface area contributed by atoms with E-state index in [0.29, 0.717) is 13.1 Å². The van der Waals surface area contributed by atoms with Gasteiger partial charge in [0.05, 0.1) is 6.54 Å². The van der Waals surface area contributed by atoms with E-state index in [1.54, 1.807) is 4.90 Å². The number of carbonyl (C=O) groups excluding carboxylic acids is 1. The summed E-state index contributed by atoms with van der Waals surface area (Å²) in [5, 5.41) is 3.01. The molecule has 4 heteroatoms. The van der Waals surface area contributed by atoms with Gasteiger partial charge in [0, 0.05) is 26.0 Å². The highest BCUT2D eigenvalue weighted by Gasteiger charge is 2.07. The van der Waals surface area contributed by atoms with Gasteiger partial charge < -0.3 is 15.2 Å². The lowest BCUT2D eigenvalue weighted by molar-refractivity contribution is -0.129. The number of likely N-dealkylation sites (N-methyl/N-ethyl adjacent to an activating group) is 2. The molecular weight excluding hydrogens is 178 g/mol. The molecule has 0 aliphatic heterocycles. The normalized spacial score (nSPS) is 10.1. The van der Waals surface area contributed by atoms with Gasteiger partial charge in [0.15, 0.2) is 0 Å². The average molecular weight is 195 g/mol. The Bertz CT molecular complexity index is 269. The molecule has 0 saturated heterocycles. The minimum Gasteiger partial charge on any atom is -0.367 e. The molecule has 78 valence electrons. The fourth-order valence-corrected chi connectivity index (χ4v) is 1.19. The van der Waals surface area contributed by atoms with E-state index >= 15 is 0 Å². The minimum absolute atomic E-state index is 0.119. The summed E-state index contributed by atoms with van der Waals surface area (Å²) in [6.07, 6.45) is 3.76. The third-order valence-electron chi connectivity index (χ3n) is 2.03. The van der Waals surface area contributed by atoms with E-state index in [1.807, 2.05) is 32.4 Å². The van der Waals surface area contributed by atoms with Crippen LogP contribution in [0.2, 0.25) is 0 Å². The Hall–Kier alpha value is -1.29. The molecule has 0 fully saturated rings. The zero-order valence-electron chi connectivity index (χ0n) is 8.71. The number of aromatic amines is 1. The highest BCUT2D eigenvalue weighted by Crippen LogP contribution is 2.00. The monoisotopic (exact) mass is 195 g/mol. The number of H-pyrrole nitrogens is 1. The smallest absolute Gasteiger partial charge is 0.236 e. The number of carbonyl (C=O) groups is 1. The van der Waals surface area contributed by atoms with E-state index in [0.717, 1.165) is 12.1 Å². The first kappa shape index (κ1) is 10.8. The van der Waals surface area contributed by atoms with Crippen LogP contribution in [0.3, 0.4) is 0 Å². The number of rotatable bonds is 5. The van der Waals surface area contributed by atoms with Crippen molar-refractivity contribution in [3.8, 4) is 0 Å². The van der Waals surface area contributed by atoms with Crippen LogP contribution in [-0.2, 0) is 11.3 Å². The molecule has 0 unspecified atom stereocenters. The average Bonchev–Trinajstić information content (AvgIpc) is 2.66. The van der Waals surface area contributed by atoms with E-state index in [1.165, 1.54) is 0 Å². The molecule has 0 bridgehead atoms. The van der Waals surface area contributed by atoms with E-state index < -0.39 is 0 Å². The van der Waals surface area contributed by atoms with Crippen LogP contribution in [-0.4, -0.2) is 35.9 Å². The molecule has 2 N–H and O–H groups in total. The van der Waals surface area contributed by atoms with Crippen molar-refractivity contribution in [2.45, 2.75) is 13.5 Å². The largest absolute Gasteiger partial charge is 0.367 e. The first-order chi connectivity index (χ1) is 6.74. The number of hydrogen-bond acceptors (Lipinski definition) is 2. The summed E-state index contributed by atoms with van der Waals surface area (Å²) < 4.78 is 0. The van der Waals surface area contributed by atoms with Crippen molar-refractivity contribution < 1.29 is 4.79 Å². The highest BCUT2D eigenvalue weighted by atomic mass is 16.2. The molecule has 0 radical (unpaired) electrons. The second kappa shape index (κ2) is 5.44. The standard InChI is InChI=1S/C10H17N3O/c1-3-11-7-10(14)13(2)8-9-4-5-12-6-9/h4-6,11-12H,3,7-8H2,1-2H3. The fourth-order valence-electron chi connectivity index (χ4n) is 1.19. The Morgan fingerprint density at radius 3 is 3.00 bits per heavy atom. The Labute approximate surface area is 84.3 Å². The van der Waals surface area contributed by atoms with Gasteiger partial charge in [-0.15, -0.1) is 0 Å². The summed E-state index contributed by atoms with van der Waals surface area (Å²) in [5.41, 5.74) is 1.12. The van der Waals surface area contributed by atoms with Crippen molar-refractivity contribution in [3.05, 3.63) is 24.0 Å². The lowest BCUT2D eigenvalue weighted by atomic mass is 10.3. The quantitative estimate of drug-likeness (QED) is 0.722. The molecular formula is C10H17N3O. The van der Waals surface area contributed by atoms with Gasteiger partial charge in [-0.25, -0.2) is 0 Å². The molecule has 0 aromatic carbocycles. The van der Waals surface area contributed by atoms with Crippen LogP contribution in [0.25, 0.3) is 0 Å². The fraction of sp³-hybridized carbons (Fsp3) is 0.500. The number of amides is 1. The van der Waals surface area contributed by atoms with Gasteiger partial charge >= 0.3 is 0 Å². The summed E-state index contributed by atoms with van der Waals surface area (Å²) in [6.45, 7) is 3.88. The first-order valence-corrected chi connectivity index (χ1v) is 4.80. The molecule has 4 nitrogen and oxygen atoms in total. The van der Waals surface area contributed by atoms with Crippen molar-refractivity contribution in [1.82, 2.24) is 15.2 Å². The summed E-state index contributed by atoms with van der Waals surface area (Å²) in [5.74, 6) is 0.119. The number of aromatic nitrogens is 1. The zero-order chi connectivity index (χ0) is 10.4. The van der Waals surface area contributed by atoms with Gasteiger partial charge in [-0.3, -0.25) is 4.79 Å². The third kappa shape index (κ3) is 3.22. The summed E-state index contributed by atoms with van der Waals surface area (Å²) in [4.78, 5) is 16.2. The molecule has 1 aromatic heterocycles. The van der Waals surface area contributed by atoms with Crippen molar-refractivity contribution in [1.29, 1.82) is 0 Å². The van der Waals surface area contributed by atoms with Crippen molar-refractivity contribution in [2.75, 3.05) is 20.1 Å². The topological polar surface area (TPSA) is 48.1 Å². The van der Waals surface area contributed by atoms with Gasteiger partial charge in [-0.1, -0.05) is 6.92 Å². The molecule has 1 rings (SSSR count). The number of hydrogen-bond donors (Lipinski definition) is 2. The van der Waals surface area contributed by atoms with E-state index in [2.05, 4.69) is 10.3 Å². The lowest BCUT2D eigenvalue weighted by Gasteiger charge is -2.16. The highest BCUT2D eigenvalue weighted by molar-refractivity contribution is 5.77. The predicted molar refractivity (Wildman–Crippen MR) is 55.8 cm³/mol. The SMILES string of the molecule is CCNCC(=O)N(C)Cc1cc[nH]c1. The van der Waals surface area contributed by atoms with Gasteiger partial charge in [0.2, 0.25) is 5.91 Å². The minimum atomic E-state index is 0.119. The number of nitrogens with zero attached hydrogens (tertiary/aromatic N) is 1. The van der Waals surface area contributed by atoms with Crippen molar-refractivity contribution in [3.63, 3.8) is 0 Å². The Kier molecular flexibility index (Phi) is 4.19. The molecule has 1 amide bonds. The zero-order valence-corrected chi connectivity index (χ0v) is 8.71. The van der Waals surface area contributed by atoms with E-state index in [-0.39, 0.29) is 5.91 Å².